The van der Waals surface area contributed by atoms with Gasteiger partial charge in [0, 0.05) is 29.4 Å². The van der Waals surface area contributed by atoms with Crippen LogP contribution in [0.25, 0.3) is 5.76 Å². The van der Waals surface area contributed by atoms with Crippen LogP contribution >= 0.6 is 11.3 Å². The Morgan fingerprint density at radius 3 is 2.62 bits per heavy atom. The molecule has 1 N–H and O–H groups in total. The lowest BCUT2D eigenvalue weighted by molar-refractivity contribution is -0.140. The Hall–Kier alpha value is -3.32. The van der Waals surface area contributed by atoms with Crippen molar-refractivity contribution in [3.63, 3.8) is 0 Å². The van der Waals surface area contributed by atoms with Crippen molar-refractivity contribution in [1.29, 1.82) is 0 Å². The summed E-state index contributed by atoms with van der Waals surface area (Å²) < 4.78 is 14.0. The highest BCUT2D eigenvalue weighted by molar-refractivity contribution is 7.10. The van der Waals surface area contributed by atoms with Gasteiger partial charge in [-0.2, -0.15) is 0 Å². The van der Waals surface area contributed by atoms with Crippen molar-refractivity contribution in [3.05, 3.63) is 93.2 Å². The fourth-order valence-corrected chi connectivity index (χ4v) is 4.21. The summed E-state index contributed by atoms with van der Waals surface area (Å²) in [7, 11) is 0. The number of Topliss-reactive ketones (excluding diaryl/α,β-unsaturated/α-hetero) is 1. The monoisotopic (exact) mass is 408 g/mol. The number of halogens is 1. The number of benzene rings is 1. The fraction of sp³-hybridized carbons (Fsp3) is 0.136. The molecule has 0 aliphatic carbocycles. The molecule has 1 saturated heterocycles. The number of aryl methyl sites for hydroxylation is 1. The highest BCUT2D eigenvalue weighted by atomic mass is 32.1. The van der Waals surface area contributed by atoms with Gasteiger partial charge in [0.25, 0.3) is 11.7 Å². The number of pyridine rings is 1. The Kier molecular flexibility index (Phi) is 4.98. The van der Waals surface area contributed by atoms with Gasteiger partial charge in [0.15, 0.2) is 0 Å². The van der Waals surface area contributed by atoms with Gasteiger partial charge in [0.2, 0.25) is 0 Å². The third-order valence-electron chi connectivity index (χ3n) is 4.90. The molecule has 5 nitrogen and oxygen atoms in total. The van der Waals surface area contributed by atoms with Crippen molar-refractivity contribution in [2.24, 2.45) is 0 Å². The Morgan fingerprint density at radius 1 is 1.21 bits per heavy atom. The number of aliphatic hydroxyl groups is 1. The van der Waals surface area contributed by atoms with Gasteiger partial charge in [-0.3, -0.25) is 14.6 Å². The molecule has 7 heteroatoms. The molecule has 1 aliphatic heterocycles. The zero-order valence-corrected chi connectivity index (χ0v) is 16.3. The van der Waals surface area contributed by atoms with Crippen LogP contribution in [-0.4, -0.2) is 26.7 Å². The molecule has 1 unspecified atom stereocenters. The zero-order valence-electron chi connectivity index (χ0n) is 15.5. The first kappa shape index (κ1) is 19.0. The van der Waals surface area contributed by atoms with E-state index in [-0.39, 0.29) is 23.4 Å². The fourth-order valence-electron chi connectivity index (χ4n) is 3.37. The van der Waals surface area contributed by atoms with Crippen molar-refractivity contribution in [1.82, 2.24) is 9.88 Å². The van der Waals surface area contributed by atoms with Gasteiger partial charge < -0.3 is 10.0 Å². The van der Waals surface area contributed by atoms with E-state index in [9.17, 15) is 19.1 Å². The van der Waals surface area contributed by atoms with E-state index < -0.39 is 23.5 Å². The molecular formula is C22H17FN2O3S. The molecule has 3 aromatic rings. The summed E-state index contributed by atoms with van der Waals surface area (Å²) in [6, 6.07) is 10.6. The molecule has 1 aromatic carbocycles. The summed E-state index contributed by atoms with van der Waals surface area (Å²) in [5.41, 5.74) is 1.37. The van der Waals surface area contributed by atoms with Crippen LogP contribution in [0.3, 0.4) is 0 Å². The molecule has 29 heavy (non-hydrogen) atoms. The average molecular weight is 408 g/mol. The van der Waals surface area contributed by atoms with Crippen LogP contribution in [0.4, 0.5) is 4.39 Å². The van der Waals surface area contributed by atoms with Gasteiger partial charge in [0.1, 0.15) is 11.6 Å². The summed E-state index contributed by atoms with van der Waals surface area (Å²) in [4.78, 5) is 31.8. The molecule has 3 heterocycles. The highest BCUT2D eigenvalue weighted by Crippen LogP contribution is 2.41. The predicted octanol–water partition coefficient (Wildman–Crippen LogP) is 4.21. The molecule has 0 saturated carbocycles. The number of rotatable bonds is 4. The van der Waals surface area contributed by atoms with E-state index in [0.29, 0.717) is 5.56 Å². The van der Waals surface area contributed by atoms with Crippen LogP contribution in [-0.2, 0) is 16.1 Å². The summed E-state index contributed by atoms with van der Waals surface area (Å²) in [6.07, 6.45) is 3.22. The molecule has 4 rings (SSSR count). The highest BCUT2D eigenvalue weighted by Gasteiger charge is 2.46. The van der Waals surface area contributed by atoms with Gasteiger partial charge in [-0.1, -0.05) is 18.2 Å². The zero-order chi connectivity index (χ0) is 20.5. The second-order valence-electron chi connectivity index (χ2n) is 6.76. The Labute approximate surface area is 170 Å². The first-order chi connectivity index (χ1) is 14.0. The largest absolute Gasteiger partial charge is 0.507 e. The smallest absolute Gasteiger partial charge is 0.295 e. The van der Waals surface area contributed by atoms with Crippen LogP contribution in [0.2, 0.25) is 0 Å². The van der Waals surface area contributed by atoms with Gasteiger partial charge in [0.05, 0.1) is 11.6 Å². The molecular weight excluding hydrogens is 391 g/mol. The molecule has 2 aromatic heterocycles. The summed E-state index contributed by atoms with van der Waals surface area (Å²) in [5, 5.41) is 12.7. The van der Waals surface area contributed by atoms with Gasteiger partial charge in [-0.05, 0) is 47.7 Å². The topological polar surface area (TPSA) is 70.5 Å². The van der Waals surface area contributed by atoms with E-state index in [2.05, 4.69) is 4.98 Å². The van der Waals surface area contributed by atoms with Crippen molar-refractivity contribution in [2.45, 2.75) is 19.5 Å². The molecule has 0 bridgehead atoms. The maximum absolute atomic E-state index is 14.0. The lowest BCUT2D eigenvalue weighted by Gasteiger charge is -2.24. The van der Waals surface area contributed by atoms with Crippen LogP contribution in [0.15, 0.2) is 65.8 Å². The number of hydrogen-bond donors (Lipinski definition) is 1. The third kappa shape index (κ3) is 3.45. The van der Waals surface area contributed by atoms with Crippen LogP contribution in [0, 0.1) is 12.7 Å². The number of hydrogen-bond acceptors (Lipinski definition) is 5. The molecule has 0 radical (unpaired) electrons. The number of carbonyl (C=O) groups is 2. The maximum Gasteiger partial charge on any atom is 0.295 e. The number of likely N-dealkylation sites (tertiary alicyclic amines) is 1. The minimum absolute atomic E-state index is 0.0326. The summed E-state index contributed by atoms with van der Waals surface area (Å²) in [5.74, 6) is -2.35. The SMILES string of the molecule is Cc1ccc(C(O)=C2C(=O)C(=O)N(Cc3ccncc3)C2c2cccs2)cc1F. The van der Waals surface area contributed by atoms with Gasteiger partial charge >= 0.3 is 0 Å². The number of carbonyl (C=O) groups excluding carboxylic acids is 2. The molecule has 1 aliphatic rings. The molecule has 1 atom stereocenters. The van der Waals surface area contributed by atoms with Crippen molar-refractivity contribution >= 4 is 28.8 Å². The Balaban J connectivity index is 1.84. The van der Waals surface area contributed by atoms with E-state index in [1.165, 1.54) is 34.4 Å². The summed E-state index contributed by atoms with van der Waals surface area (Å²) >= 11 is 1.38. The van der Waals surface area contributed by atoms with Crippen molar-refractivity contribution < 1.29 is 19.1 Å². The van der Waals surface area contributed by atoms with E-state index in [0.717, 1.165) is 10.4 Å². The predicted molar refractivity (Wildman–Crippen MR) is 108 cm³/mol. The molecule has 1 fully saturated rings. The number of aliphatic hydroxyl groups excluding tert-OH is 1. The van der Waals surface area contributed by atoms with Gasteiger partial charge in [-0.25, -0.2) is 4.39 Å². The quantitative estimate of drug-likeness (QED) is 0.399. The number of thiophene rings is 1. The maximum atomic E-state index is 14.0. The third-order valence-corrected chi connectivity index (χ3v) is 5.82. The lowest BCUT2D eigenvalue weighted by atomic mass is 9.99. The van der Waals surface area contributed by atoms with Crippen LogP contribution in [0.1, 0.15) is 27.6 Å². The number of ketones is 1. The first-order valence-corrected chi connectivity index (χ1v) is 9.82. The first-order valence-electron chi connectivity index (χ1n) is 8.94. The second-order valence-corrected chi connectivity index (χ2v) is 7.74. The number of nitrogens with zero attached hydrogens (tertiary/aromatic N) is 2. The Morgan fingerprint density at radius 2 is 1.97 bits per heavy atom. The van der Waals surface area contributed by atoms with E-state index in [4.69, 9.17) is 0 Å². The van der Waals surface area contributed by atoms with Crippen LogP contribution < -0.4 is 0 Å². The normalized spacial score (nSPS) is 18.4. The molecule has 0 spiro atoms. The number of aromatic nitrogens is 1. The van der Waals surface area contributed by atoms with Crippen molar-refractivity contribution in [3.8, 4) is 0 Å². The van der Waals surface area contributed by atoms with Crippen molar-refractivity contribution in [2.75, 3.05) is 0 Å². The average Bonchev–Trinajstić information content (AvgIpc) is 3.33. The number of amides is 1. The molecule has 146 valence electrons. The molecule has 1 amide bonds. The minimum Gasteiger partial charge on any atom is -0.507 e. The van der Waals surface area contributed by atoms with E-state index in [1.807, 2.05) is 17.5 Å². The van der Waals surface area contributed by atoms with E-state index in [1.54, 1.807) is 31.5 Å². The summed E-state index contributed by atoms with van der Waals surface area (Å²) in [6.45, 7) is 1.80. The lowest BCUT2D eigenvalue weighted by Crippen LogP contribution is -2.28. The van der Waals surface area contributed by atoms with Gasteiger partial charge in [-0.15, -0.1) is 11.3 Å². The second kappa shape index (κ2) is 7.60. The van der Waals surface area contributed by atoms with E-state index >= 15 is 0 Å². The standard InChI is InChI=1S/C22H17FN2O3S/c1-13-4-5-15(11-16(13)23)20(26)18-19(17-3-2-10-29-17)25(22(28)21(18)27)12-14-6-8-24-9-7-14/h2-11,19,26H,12H2,1H3. The van der Waals surface area contributed by atoms with Crippen LogP contribution in [0.5, 0.6) is 0 Å². The minimum atomic E-state index is -0.782. The Bertz CT molecular complexity index is 1110.